The number of hydrogen-bond acceptors (Lipinski definition) is 4. The van der Waals surface area contributed by atoms with Gasteiger partial charge in [-0.25, -0.2) is 14.1 Å². The number of ether oxygens (including phenoxy) is 1. The number of amides is 4. The second-order valence-electron chi connectivity index (χ2n) is 8.48. The number of benzene rings is 2. The van der Waals surface area contributed by atoms with Crippen LogP contribution in [0.4, 0.5) is 20.6 Å². The molecule has 2 aliphatic rings. The maximum atomic E-state index is 13.4. The molecule has 1 N–H and O–H groups in total. The lowest BCUT2D eigenvalue weighted by Crippen LogP contribution is -2.38. The van der Waals surface area contributed by atoms with Crippen LogP contribution in [0.25, 0.3) is 0 Å². The topological polar surface area (TPSA) is 79.0 Å². The number of methoxy groups -OCH3 is 1. The van der Waals surface area contributed by atoms with E-state index in [2.05, 4.69) is 11.4 Å². The van der Waals surface area contributed by atoms with Gasteiger partial charge in [0.2, 0.25) is 5.91 Å². The Morgan fingerprint density at radius 1 is 1.09 bits per heavy atom. The van der Waals surface area contributed by atoms with Crippen molar-refractivity contribution in [3.05, 3.63) is 66.0 Å². The summed E-state index contributed by atoms with van der Waals surface area (Å²) in [6.07, 6.45) is 7.02. The molecule has 1 fully saturated rings. The van der Waals surface area contributed by atoms with E-state index in [1.807, 2.05) is 0 Å². The molecule has 0 radical (unpaired) electrons. The Balaban J connectivity index is 1.53. The second-order valence-corrected chi connectivity index (χ2v) is 8.48. The van der Waals surface area contributed by atoms with E-state index in [4.69, 9.17) is 4.74 Å². The van der Waals surface area contributed by atoms with Crippen LogP contribution in [-0.4, -0.2) is 42.4 Å². The van der Waals surface area contributed by atoms with Crippen molar-refractivity contribution in [2.75, 3.05) is 23.9 Å². The van der Waals surface area contributed by atoms with Crippen molar-refractivity contribution >= 4 is 29.2 Å². The molecule has 0 bridgehead atoms. The third kappa shape index (κ3) is 5.27. The average Bonchev–Trinajstić information content (AvgIpc) is 3.08. The Kier molecular flexibility index (Phi) is 7.25. The minimum atomic E-state index is -0.917. The van der Waals surface area contributed by atoms with Gasteiger partial charge in [0.15, 0.2) is 0 Å². The van der Waals surface area contributed by atoms with Crippen LogP contribution in [0.2, 0.25) is 0 Å². The summed E-state index contributed by atoms with van der Waals surface area (Å²) >= 11 is 0. The van der Waals surface area contributed by atoms with Gasteiger partial charge in [0.25, 0.3) is 5.91 Å². The number of urea groups is 1. The molecule has 1 aliphatic heterocycles. The van der Waals surface area contributed by atoms with Gasteiger partial charge < -0.3 is 15.0 Å². The first kappa shape index (κ1) is 23.5. The van der Waals surface area contributed by atoms with Gasteiger partial charge in [-0.15, -0.1) is 0 Å². The maximum Gasteiger partial charge on any atom is 0.332 e. The van der Waals surface area contributed by atoms with Gasteiger partial charge in [0.05, 0.1) is 19.2 Å². The van der Waals surface area contributed by atoms with Crippen LogP contribution in [0.1, 0.15) is 38.5 Å². The van der Waals surface area contributed by atoms with Crippen LogP contribution in [0.15, 0.2) is 60.2 Å². The van der Waals surface area contributed by atoms with Crippen LogP contribution in [0.5, 0.6) is 5.75 Å². The van der Waals surface area contributed by atoms with E-state index in [1.165, 1.54) is 41.2 Å². The van der Waals surface area contributed by atoms with Crippen LogP contribution in [-0.2, 0) is 9.59 Å². The number of rotatable bonds is 8. The fourth-order valence-corrected chi connectivity index (χ4v) is 4.37. The van der Waals surface area contributed by atoms with E-state index >= 15 is 0 Å². The molecule has 1 atom stereocenters. The summed E-state index contributed by atoms with van der Waals surface area (Å²) in [6, 6.07) is 10.7. The normalized spacial score (nSPS) is 18.2. The summed E-state index contributed by atoms with van der Waals surface area (Å²) in [7, 11) is 1.54. The molecule has 4 amide bonds. The number of halogens is 1. The zero-order valence-electron chi connectivity index (χ0n) is 19.1. The summed E-state index contributed by atoms with van der Waals surface area (Å²) in [5, 5.41) is 2.68. The molecule has 2 aromatic carbocycles. The molecular weight excluding hydrogens is 437 g/mol. The number of carbonyl (C=O) groups is 3. The number of anilines is 2. The molecule has 0 aromatic heterocycles. The lowest BCUT2D eigenvalue weighted by Gasteiger charge is -2.23. The number of nitrogens with one attached hydrogen (secondary N) is 1. The van der Waals surface area contributed by atoms with Gasteiger partial charge in [0.1, 0.15) is 17.6 Å². The summed E-state index contributed by atoms with van der Waals surface area (Å²) in [4.78, 5) is 42.1. The Bertz CT molecular complexity index is 1080. The van der Waals surface area contributed by atoms with E-state index in [-0.39, 0.29) is 6.42 Å². The van der Waals surface area contributed by atoms with Gasteiger partial charge in [0, 0.05) is 12.2 Å². The molecule has 1 heterocycles. The van der Waals surface area contributed by atoms with Crippen molar-refractivity contribution < 1.29 is 23.5 Å². The van der Waals surface area contributed by atoms with Crippen molar-refractivity contribution in [2.45, 2.75) is 44.6 Å². The number of nitrogens with zero attached hydrogens (tertiary/aromatic N) is 2. The molecule has 4 rings (SSSR count). The van der Waals surface area contributed by atoms with Crippen LogP contribution < -0.4 is 15.0 Å². The van der Waals surface area contributed by atoms with Gasteiger partial charge in [-0.3, -0.25) is 9.59 Å². The van der Waals surface area contributed by atoms with E-state index in [9.17, 15) is 18.8 Å². The van der Waals surface area contributed by atoms with Gasteiger partial charge >= 0.3 is 6.03 Å². The number of carbonyl (C=O) groups excluding carboxylic acids is 3. The molecule has 1 aliphatic carbocycles. The highest BCUT2D eigenvalue weighted by molar-refractivity contribution is 6.22. The quantitative estimate of drug-likeness (QED) is 0.445. The Hall–Kier alpha value is -3.68. The summed E-state index contributed by atoms with van der Waals surface area (Å²) in [5.41, 5.74) is 2.14. The maximum absolute atomic E-state index is 13.4. The summed E-state index contributed by atoms with van der Waals surface area (Å²) in [5.74, 6) is -0.662. The van der Waals surface area contributed by atoms with Gasteiger partial charge in [-0.2, -0.15) is 0 Å². The molecule has 8 heteroatoms. The molecule has 1 saturated heterocycles. The monoisotopic (exact) mass is 465 g/mol. The Morgan fingerprint density at radius 3 is 2.47 bits per heavy atom. The first-order chi connectivity index (χ1) is 16.5. The highest BCUT2D eigenvalue weighted by Crippen LogP contribution is 2.30. The van der Waals surface area contributed by atoms with Gasteiger partial charge in [-0.1, -0.05) is 11.6 Å². The van der Waals surface area contributed by atoms with Crippen molar-refractivity contribution in [1.82, 2.24) is 4.90 Å². The second kappa shape index (κ2) is 10.5. The Labute approximate surface area is 198 Å². The minimum Gasteiger partial charge on any atom is -0.497 e. The van der Waals surface area contributed by atoms with Crippen molar-refractivity contribution in [3.8, 4) is 5.75 Å². The summed E-state index contributed by atoms with van der Waals surface area (Å²) in [6.45, 7) is 0.359. The molecular formula is C26H28FN3O4. The van der Waals surface area contributed by atoms with E-state index in [1.54, 1.807) is 31.4 Å². The molecule has 34 heavy (non-hydrogen) atoms. The van der Waals surface area contributed by atoms with Gasteiger partial charge in [-0.05, 0) is 80.6 Å². The fourth-order valence-electron chi connectivity index (χ4n) is 4.37. The number of allylic oxidation sites excluding steroid dienone is 1. The first-order valence-electron chi connectivity index (χ1n) is 11.5. The van der Waals surface area contributed by atoms with E-state index in [0.29, 0.717) is 30.1 Å². The lowest BCUT2D eigenvalue weighted by atomic mass is 9.97. The van der Waals surface area contributed by atoms with Crippen LogP contribution in [0.3, 0.4) is 0 Å². The first-order valence-corrected chi connectivity index (χ1v) is 11.5. The molecule has 2 aromatic rings. The van der Waals surface area contributed by atoms with Crippen molar-refractivity contribution in [2.24, 2.45) is 0 Å². The zero-order valence-corrected chi connectivity index (χ0v) is 19.1. The van der Waals surface area contributed by atoms with Crippen molar-refractivity contribution in [3.63, 3.8) is 0 Å². The smallest absolute Gasteiger partial charge is 0.332 e. The molecule has 0 saturated carbocycles. The largest absolute Gasteiger partial charge is 0.497 e. The van der Waals surface area contributed by atoms with Crippen molar-refractivity contribution in [1.29, 1.82) is 0 Å². The lowest BCUT2D eigenvalue weighted by molar-refractivity contribution is -0.124. The third-order valence-corrected chi connectivity index (χ3v) is 6.21. The molecule has 0 unspecified atom stereocenters. The number of imide groups is 1. The number of hydrogen-bond donors (Lipinski definition) is 1. The minimum absolute atomic E-state index is 0.187. The third-order valence-electron chi connectivity index (χ3n) is 6.21. The SMILES string of the molecule is COc1ccc(N2C(=O)[C@H](CC(=O)Nc3ccc(F)cc3)N(CCC3=CCCCC3)C2=O)cc1. The summed E-state index contributed by atoms with van der Waals surface area (Å²) < 4.78 is 18.3. The van der Waals surface area contributed by atoms with E-state index in [0.717, 1.165) is 24.2 Å². The molecule has 7 nitrogen and oxygen atoms in total. The molecule has 0 spiro atoms. The van der Waals surface area contributed by atoms with Crippen LogP contribution in [0, 0.1) is 5.82 Å². The fraction of sp³-hybridized carbons (Fsp3) is 0.346. The average molecular weight is 466 g/mol. The van der Waals surface area contributed by atoms with Crippen LogP contribution >= 0.6 is 0 Å². The zero-order chi connectivity index (χ0) is 24.1. The highest BCUT2D eigenvalue weighted by atomic mass is 19.1. The van der Waals surface area contributed by atoms with E-state index < -0.39 is 29.7 Å². The Morgan fingerprint density at radius 2 is 1.82 bits per heavy atom. The highest BCUT2D eigenvalue weighted by Gasteiger charge is 2.46. The standard InChI is InChI=1S/C26H28FN3O4/c1-34-22-13-11-21(12-14-22)30-25(32)23(17-24(31)28-20-9-7-19(27)8-10-20)29(26(30)33)16-15-18-5-3-2-4-6-18/h5,7-14,23H,2-4,6,15-17H2,1H3,(H,28,31)/t23-/m0/s1. The predicted octanol–water partition coefficient (Wildman–Crippen LogP) is 4.89. The molecule has 178 valence electrons. The predicted molar refractivity (Wildman–Crippen MR) is 127 cm³/mol.